The molecule has 5 rings (SSSR count). The van der Waals surface area contributed by atoms with E-state index < -0.39 is 0 Å². The van der Waals surface area contributed by atoms with Gasteiger partial charge in [-0.2, -0.15) is 0 Å². The maximum atomic E-state index is 5.95. The monoisotopic (exact) mass is 317 g/mol. The van der Waals surface area contributed by atoms with Gasteiger partial charge in [-0.3, -0.25) is 0 Å². The highest BCUT2D eigenvalue weighted by Gasteiger charge is 2.13. The van der Waals surface area contributed by atoms with E-state index in [4.69, 9.17) is 14.1 Å². The Labute approximate surface area is 137 Å². The highest BCUT2D eigenvalue weighted by Crippen LogP contribution is 2.28. The number of oxazole rings is 1. The Balaban J connectivity index is 1.58. The molecule has 0 bridgehead atoms. The van der Waals surface area contributed by atoms with E-state index in [0.717, 1.165) is 50.1 Å². The molecule has 0 aliphatic carbocycles. The normalized spacial score (nSPS) is 11.7. The fourth-order valence-corrected chi connectivity index (χ4v) is 3.25. The summed E-state index contributed by atoms with van der Waals surface area (Å²) < 4.78 is 11.2. The molecule has 5 nitrogen and oxygen atoms in total. The SMILES string of the molecule is COc1ccc2c(Cc3nc4c(ccc5[nH]ccc54)o3)c[nH]c2c1. The lowest BCUT2D eigenvalue weighted by molar-refractivity contribution is 0.415. The van der Waals surface area contributed by atoms with Crippen LogP contribution in [0.25, 0.3) is 32.9 Å². The Morgan fingerprint density at radius 1 is 1.04 bits per heavy atom. The smallest absolute Gasteiger partial charge is 0.200 e. The van der Waals surface area contributed by atoms with E-state index in [9.17, 15) is 0 Å². The molecule has 0 spiro atoms. The van der Waals surface area contributed by atoms with Crippen LogP contribution in [0.4, 0.5) is 0 Å². The molecule has 3 aromatic heterocycles. The molecule has 0 fully saturated rings. The molecule has 0 saturated carbocycles. The number of rotatable bonds is 3. The molecule has 118 valence electrons. The zero-order valence-corrected chi connectivity index (χ0v) is 13.1. The molecule has 24 heavy (non-hydrogen) atoms. The highest BCUT2D eigenvalue weighted by atomic mass is 16.5. The molecule has 0 unspecified atom stereocenters. The van der Waals surface area contributed by atoms with Crippen molar-refractivity contribution in [2.24, 2.45) is 0 Å². The minimum absolute atomic E-state index is 0.646. The van der Waals surface area contributed by atoms with Crippen LogP contribution >= 0.6 is 0 Å². The molecule has 3 heterocycles. The minimum Gasteiger partial charge on any atom is -0.497 e. The van der Waals surface area contributed by atoms with Gasteiger partial charge in [0.05, 0.1) is 13.5 Å². The molecule has 0 aliphatic heterocycles. The topological polar surface area (TPSA) is 66.8 Å². The van der Waals surface area contributed by atoms with Crippen LogP contribution in [-0.2, 0) is 6.42 Å². The summed E-state index contributed by atoms with van der Waals surface area (Å²) in [5, 5.41) is 2.25. The Kier molecular flexibility index (Phi) is 2.70. The number of hydrogen-bond donors (Lipinski definition) is 2. The largest absolute Gasteiger partial charge is 0.497 e. The van der Waals surface area contributed by atoms with Gasteiger partial charge in [-0.1, -0.05) is 0 Å². The second-order valence-corrected chi connectivity index (χ2v) is 5.86. The van der Waals surface area contributed by atoms with Gasteiger partial charge in [0.25, 0.3) is 0 Å². The lowest BCUT2D eigenvalue weighted by atomic mass is 10.1. The lowest BCUT2D eigenvalue weighted by Crippen LogP contribution is -1.87. The fourth-order valence-electron chi connectivity index (χ4n) is 3.25. The van der Waals surface area contributed by atoms with Crippen LogP contribution in [0.3, 0.4) is 0 Å². The third kappa shape index (κ3) is 1.91. The number of hydrogen-bond acceptors (Lipinski definition) is 3. The van der Waals surface area contributed by atoms with E-state index in [1.54, 1.807) is 7.11 Å². The van der Waals surface area contributed by atoms with Gasteiger partial charge in [0, 0.05) is 40.3 Å². The summed E-state index contributed by atoms with van der Waals surface area (Å²) in [5.41, 5.74) is 5.00. The molecule has 0 aliphatic rings. The van der Waals surface area contributed by atoms with Crippen molar-refractivity contribution >= 4 is 32.9 Å². The Hall–Kier alpha value is -3.21. The van der Waals surface area contributed by atoms with E-state index >= 15 is 0 Å². The van der Waals surface area contributed by atoms with Crippen LogP contribution in [0.15, 0.2) is 53.2 Å². The maximum Gasteiger partial charge on any atom is 0.200 e. The number of nitrogens with zero attached hydrogens (tertiary/aromatic N) is 1. The van der Waals surface area contributed by atoms with Crippen LogP contribution in [-0.4, -0.2) is 22.1 Å². The third-order valence-electron chi connectivity index (χ3n) is 4.45. The predicted molar refractivity (Wildman–Crippen MR) is 93.5 cm³/mol. The van der Waals surface area contributed by atoms with Gasteiger partial charge in [-0.15, -0.1) is 0 Å². The van der Waals surface area contributed by atoms with Crippen LogP contribution < -0.4 is 4.74 Å². The zero-order chi connectivity index (χ0) is 16.1. The second kappa shape index (κ2) is 4.89. The summed E-state index contributed by atoms with van der Waals surface area (Å²) in [6.07, 6.45) is 4.57. The Bertz CT molecular complexity index is 1180. The summed E-state index contributed by atoms with van der Waals surface area (Å²) in [6, 6.07) is 12.0. The zero-order valence-electron chi connectivity index (χ0n) is 13.1. The van der Waals surface area contributed by atoms with E-state index in [-0.39, 0.29) is 0 Å². The number of ether oxygens (including phenoxy) is 1. The minimum atomic E-state index is 0.646. The van der Waals surface area contributed by atoms with Crippen LogP contribution in [0.2, 0.25) is 0 Å². The van der Waals surface area contributed by atoms with Gasteiger partial charge in [-0.25, -0.2) is 4.98 Å². The molecule has 0 saturated heterocycles. The highest BCUT2D eigenvalue weighted by molar-refractivity contribution is 6.02. The standard InChI is InChI=1S/C19H15N3O2/c1-23-12-2-3-13-11(10-21-16(13)9-12)8-18-22-19-14-6-7-20-15(14)4-5-17(19)24-18/h2-7,9-10,20-21H,8H2,1H3. The average Bonchev–Trinajstić information content (AvgIpc) is 3.31. The van der Waals surface area contributed by atoms with Gasteiger partial charge in [0.2, 0.25) is 0 Å². The number of benzene rings is 2. The molecule has 0 amide bonds. The summed E-state index contributed by atoms with van der Waals surface area (Å²) in [7, 11) is 1.67. The lowest BCUT2D eigenvalue weighted by Gasteiger charge is -1.99. The van der Waals surface area contributed by atoms with Crippen molar-refractivity contribution in [1.29, 1.82) is 0 Å². The molecule has 0 atom stereocenters. The van der Waals surface area contributed by atoms with Crippen molar-refractivity contribution in [2.45, 2.75) is 6.42 Å². The molecule has 0 radical (unpaired) electrons. The number of nitrogens with one attached hydrogen (secondary N) is 2. The first-order valence-electron chi connectivity index (χ1n) is 7.81. The molecule has 5 heteroatoms. The molecule has 2 N–H and O–H groups in total. The van der Waals surface area contributed by atoms with E-state index in [1.165, 1.54) is 0 Å². The second-order valence-electron chi connectivity index (χ2n) is 5.86. The van der Waals surface area contributed by atoms with Gasteiger partial charge in [0.1, 0.15) is 11.3 Å². The van der Waals surface area contributed by atoms with Gasteiger partial charge < -0.3 is 19.1 Å². The first kappa shape index (κ1) is 13.2. The van der Waals surface area contributed by atoms with Crippen LogP contribution in [0, 0.1) is 0 Å². The molecule has 5 aromatic rings. The number of H-pyrrole nitrogens is 2. The van der Waals surface area contributed by atoms with Crippen molar-refractivity contribution in [2.75, 3.05) is 7.11 Å². The molecular weight excluding hydrogens is 302 g/mol. The first-order valence-corrected chi connectivity index (χ1v) is 7.81. The quantitative estimate of drug-likeness (QED) is 0.518. The number of aromatic amines is 2. The van der Waals surface area contributed by atoms with Crippen molar-refractivity contribution in [3.05, 3.63) is 60.2 Å². The maximum absolute atomic E-state index is 5.95. The number of methoxy groups -OCH3 is 1. The van der Waals surface area contributed by atoms with Gasteiger partial charge in [0.15, 0.2) is 11.5 Å². The average molecular weight is 317 g/mol. The van der Waals surface area contributed by atoms with E-state index in [0.29, 0.717) is 6.42 Å². The summed E-state index contributed by atoms with van der Waals surface area (Å²) in [6.45, 7) is 0. The predicted octanol–water partition coefficient (Wildman–Crippen LogP) is 4.39. The number of aromatic nitrogens is 3. The Morgan fingerprint density at radius 3 is 2.92 bits per heavy atom. The van der Waals surface area contributed by atoms with E-state index in [1.807, 2.05) is 42.7 Å². The number of fused-ring (bicyclic) bond motifs is 4. The first-order chi connectivity index (χ1) is 11.8. The van der Waals surface area contributed by atoms with Gasteiger partial charge in [-0.05, 0) is 35.9 Å². The third-order valence-corrected chi connectivity index (χ3v) is 4.45. The van der Waals surface area contributed by atoms with Crippen molar-refractivity contribution in [1.82, 2.24) is 15.0 Å². The summed E-state index contributed by atoms with van der Waals surface area (Å²) >= 11 is 0. The summed E-state index contributed by atoms with van der Waals surface area (Å²) in [5.74, 6) is 1.56. The Morgan fingerprint density at radius 2 is 2.00 bits per heavy atom. The van der Waals surface area contributed by atoms with Crippen molar-refractivity contribution < 1.29 is 9.15 Å². The van der Waals surface area contributed by atoms with Crippen molar-refractivity contribution in [3.8, 4) is 5.75 Å². The van der Waals surface area contributed by atoms with Crippen LogP contribution in [0.5, 0.6) is 5.75 Å². The van der Waals surface area contributed by atoms with Crippen molar-refractivity contribution in [3.63, 3.8) is 0 Å². The fraction of sp³-hybridized carbons (Fsp3) is 0.105. The molecular formula is C19H15N3O2. The molecule has 2 aromatic carbocycles. The van der Waals surface area contributed by atoms with Crippen LogP contribution in [0.1, 0.15) is 11.5 Å². The van der Waals surface area contributed by atoms with E-state index in [2.05, 4.69) is 16.0 Å². The van der Waals surface area contributed by atoms with Gasteiger partial charge >= 0.3 is 0 Å². The summed E-state index contributed by atoms with van der Waals surface area (Å²) in [4.78, 5) is 11.2.